The Morgan fingerprint density at radius 1 is 1.25 bits per heavy atom. The first kappa shape index (κ1) is 14.1. The first-order valence-corrected chi connectivity index (χ1v) is 7.51. The van der Waals surface area contributed by atoms with E-state index >= 15 is 0 Å². The predicted octanol–water partition coefficient (Wildman–Crippen LogP) is 0.515. The fraction of sp³-hybridized carbons (Fsp3) is 1.00. The van der Waals surface area contributed by atoms with E-state index in [-0.39, 0.29) is 5.67 Å². The van der Waals surface area contributed by atoms with Crippen molar-refractivity contribution in [2.45, 2.75) is 19.0 Å². The maximum atomic E-state index is 5.53. The molecule has 1 aliphatic rings. The third kappa shape index (κ3) is 2.82. The van der Waals surface area contributed by atoms with Gasteiger partial charge in [0.1, 0.15) is 5.67 Å². The van der Waals surface area contributed by atoms with Crippen molar-refractivity contribution in [3.05, 3.63) is 0 Å². The number of hydrogen-bond donors (Lipinski definition) is 0. The Balaban J connectivity index is 2.78. The zero-order valence-corrected chi connectivity index (χ0v) is 11.7. The molecule has 0 spiro atoms. The SMILES string of the molecule is CCCN1CCOCC1[Si](OC)(OC)OC. The Hall–Kier alpha value is 0.0169. The molecule has 0 aliphatic carbocycles. The number of ether oxygens (including phenoxy) is 1. The summed E-state index contributed by atoms with van der Waals surface area (Å²) in [5.74, 6) is 0. The molecule has 1 heterocycles. The summed E-state index contributed by atoms with van der Waals surface area (Å²) in [5, 5.41) is 0. The highest BCUT2D eigenvalue weighted by molar-refractivity contribution is 6.62. The summed E-state index contributed by atoms with van der Waals surface area (Å²) in [7, 11) is 2.34. The van der Waals surface area contributed by atoms with Crippen molar-refractivity contribution in [3.8, 4) is 0 Å². The molecule has 1 aliphatic heterocycles. The summed E-state index contributed by atoms with van der Waals surface area (Å²) in [6.45, 7) is 5.52. The van der Waals surface area contributed by atoms with Crippen LogP contribution in [0.4, 0.5) is 0 Å². The van der Waals surface area contributed by atoms with E-state index in [1.165, 1.54) is 0 Å². The predicted molar refractivity (Wildman–Crippen MR) is 63.3 cm³/mol. The van der Waals surface area contributed by atoms with E-state index in [2.05, 4.69) is 11.8 Å². The van der Waals surface area contributed by atoms with Crippen LogP contribution in [0.1, 0.15) is 13.3 Å². The van der Waals surface area contributed by atoms with Crippen LogP contribution in [0.15, 0.2) is 0 Å². The van der Waals surface area contributed by atoms with Crippen molar-refractivity contribution >= 4 is 8.80 Å². The molecule has 0 amide bonds. The van der Waals surface area contributed by atoms with Gasteiger partial charge in [-0.25, -0.2) is 0 Å². The summed E-state index contributed by atoms with van der Waals surface area (Å²) < 4.78 is 22.1. The van der Waals surface area contributed by atoms with E-state index in [0.29, 0.717) is 6.61 Å². The van der Waals surface area contributed by atoms with Gasteiger partial charge in [-0.3, -0.25) is 4.90 Å². The van der Waals surface area contributed by atoms with Crippen molar-refractivity contribution in [3.63, 3.8) is 0 Å². The molecule has 1 saturated heterocycles. The fourth-order valence-electron chi connectivity index (χ4n) is 2.18. The lowest BCUT2D eigenvalue weighted by Crippen LogP contribution is -2.65. The van der Waals surface area contributed by atoms with Gasteiger partial charge >= 0.3 is 8.80 Å². The van der Waals surface area contributed by atoms with Crippen LogP contribution in [-0.2, 0) is 18.0 Å². The average Bonchev–Trinajstić information content (AvgIpc) is 2.34. The van der Waals surface area contributed by atoms with Gasteiger partial charge in [0.25, 0.3) is 0 Å². The van der Waals surface area contributed by atoms with Crippen molar-refractivity contribution in [2.24, 2.45) is 0 Å². The van der Waals surface area contributed by atoms with Crippen molar-refractivity contribution in [1.82, 2.24) is 4.90 Å². The molecular formula is C10H23NO4Si. The maximum absolute atomic E-state index is 5.53. The van der Waals surface area contributed by atoms with Crippen molar-refractivity contribution in [2.75, 3.05) is 47.6 Å². The molecule has 1 unspecified atom stereocenters. The first-order valence-electron chi connectivity index (χ1n) is 5.71. The highest BCUT2D eigenvalue weighted by Crippen LogP contribution is 2.21. The highest BCUT2D eigenvalue weighted by Gasteiger charge is 2.51. The average molecular weight is 249 g/mol. The van der Waals surface area contributed by atoms with Crippen LogP contribution in [0.5, 0.6) is 0 Å². The van der Waals surface area contributed by atoms with E-state index in [0.717, 1.165) is 26.1 Å². The van der Waals surface area contributed by atoms with Crippen LogP contribution in [0, 0.1) is 0 Å². The third-order valence-electron chi connectivity index (χ3n) is 3.01. The largest absolute Gasteiger partial charge is 0.520 e. The minimum Gasteiger partial charge on any atom is -0.379 e. The third-order valence-corrected chi connectivity index (χ3v) is 6.07. The van der Waals surface area contributed by atoms with Gasteiger partial charge in [-0.1, -0.05) is 6.92 Å². The van der Waals surface area contributed by atoms with E-state index in [4.69, 9.17) is 18.0 Å². The molecule has 16 heavy (non-hydrogen) atoms. The van der Waals surface area contributed by atoms with Gasteiger partial charge in [-0.15, -0.1) is 0 Å². The molecule has 6 heteroatoms. The topological polar surface area (TPSA) is 40.2 Å². The normalized spacial score (nSPS) is 23.6. The molecule has 96 valence electrons. The Morgan fingerprint density at radius 2 is 1.88 bits per heavy atom. The lowest BCUT2D eigenvalue weighted by atomic mass is 10.3. The maximum Gasteiger partial charge on any atom is 0.520 e. The molecule has 1 atom stereocenters. The molecule has 0 bridgehead atoms. The molecule has 0 aromatic carbocycles. The van der Waals surface area contributed by atoms with Crippen LogP contribution >= 0.6 is 0 Å². The number of nitrogens with zero attached hydrogens (tertiary/aromatic N) is 1. The Bertz CT molecular complexity index is 191. The van der Waals surface area contributed by atoms with E-state index in [1.54, 1.807) is 21.3 Å². The summed E-state index contributed by atoms with van der Waals surface area (Å²) in [6, 6.07) is 0. The zero-order valence-electron chi connectivity index (χ0n) is 10.7. The molecule has 0 aromatic rings. The van der Waals surface area contributed by atoms with Gasteiger partial charge in [0, 0.05) is 27.9 Å². The number of rotatable bonds is 6. The van der Waals surface area contributed by atoms with E-state index in [9.17, 15) is 0 Å². The van der Waals surface area contributed by atoms with Crippen molar-refractivity contribution < 1.29 is 18.0 Å². The lowest BCUT2D eigenvalue weighted by Gasteiger charge is -2.42. The van der Waals surface area contributed by atoms with E-state index in [1.807, 2.05) is 0 Å². The minimum absolute atomic E-state index is 0.112. The lowest BCUT2D eigenvalue weighted by molar-refractivity contribution is -0.0201. The molecule has 0 radical (unpaired) electrons. The zero-order chi connectivity index (χ0) is 12.0. The fourth-order valence-corrected chi connectivity index (χ4v) is 4.52. The van der Waals surface area contributed by atoms with Crippen LogP contribution in [0.2, 0.25) is 0 Å². The summed E-state index contributed by atoms with van der Waals surface area (Å²) >= 11 is 0. The Morgan fingerprint density at radius 3 is 2.38 bits per heavy atom. The van der Waals surface area contributed by atoms with Gasteiger partial charge in [-0.05, 0) is 13.0 Å². The molecule has 0 N–H and O–H groups in total. The second-order valence-corrected chi connectivity index (χ2v) is 6.94. The smallest absolute Gasteiger partial charge is 0.379 e. The van der Waals surface area contributed by atoms with Crippen LogP contribution in [-0.4, -0.2) is 67.0 Å². The first-order chi connectivity index (χ1) is 7.74. The van der Waals surface area contributed by atoms with Crippen LogP contribution in [0.25, 0.3) is 0 Å². The second-order valence-electron chi connectivity index (χ2n) is 3.84. The molecule has 0 aromatic heterocycles. The van der Waals surface area contributed by atoms with Gasteiger partial charge < -0.3 is 18.0 Å². The monoisotopic (exact) mass is 249 g/mol. The van der Waals surface area contributed by atoms with Gasteiger partial charge in [-0.2, -0.15) is 0 Å². The highest BCUT2D eigenvalue weighted by atomic mass is 28.4. The van der Waals surface area contributed by atoms with Gasteiger partial charge in [0.2, 0.25) is 0 Å². The van der Waals surface area contributed by atoms with Crippen LogP contribution in [0.3, 0.4) is 0 Å². The summed E-state index contributed by atoms with van der Waals surface area (Å²) in [6.07, 6.45) is 1.11. The summed E-state index contributed by atoms with van der Waals surface area (Å²) in [5.41, 5.74) is 0.112. The molecular weight excluding hydrogens is 226 g/mol. The Labute approximate surface area is 99.0 Å². The van der Waals surface area contributed by atoms with Gasteiger partial charge in [0.15, 0.2) is 0 Å². The van der Waals surface area contributed by atoms with E-state index < -0.39 is 8.80 Å². The molecule has 1 fully saturated rings. The molecule has 1 rings (SSSR count). The molecule has 0 saturated carbocycles. The van der Waals surface area contributed by atoms with Crippen LogP contribution < -0.4 is 0 Å². The Kier molecular flexibility index (Phi) is 5.88. The minimum atomic E-state index is -2.62. The number of morpholine rings is 1. The standard InChI is InChI=1S/C10H23NO4Si/c1-5-6-11-7-8-15-9-10(11)16(12-2,13-3)14-4/h10H,5-9H2,1-4H3. The van der Waals surface area contributed by atoms with Gasteiger partial charge in [0.05, 0.1) is 13.2 Å². The van der Waals surface area contributed by atoms with Crippen molar-refractivity contribution in [1.29, 1.82) is 0 Å². The number of hydrogen-bond acceptors (Lipinski definition) is 5. The second kappa shape index (κ2) is 6.68. The summed E-state index contributed by atoms with van der Waals surface area (Å²) in [4.78, 5) is 2.35. The quantitative estimate of drug-likeness (QED) is 0.642. The molecule has 5 nitrogen and oxygen atoms in total.